The average Bonchev–Trinajstić information content (AvgIpc) is 3.12. The van der Waals surface area contributed by atoms with Gasteiger partial charge in [0.05, 0.1) is 25.0 Å². The zero-order chi connectivity index (χ0) is 19.1. The van der Waals surface area contributed by atoms with E-state index in [9.17, 15) is 19.2 Å². The van der Waals surface area contributed by atoms with Gasteiger partial charge in [0.15, 0.2) is 5.78 Å². The van der Waals surface area contributed by atoms with Gasteiger partial charge in [0.2, 0.25) is 11.4 Å². The molecular weight excluding hydrogens is 336 g/mol. The quantitative estimate of drug-likeness (QED) is 0.611. The van der Waals surface area contributed by atoms with Gasteiger partial charge in [-0.15, -0.1) is 0 Å². The van der Waals surface area contributed by atoms with Crippen LogP contribution in [0.3, 0.4) is 0 Å². The van der Waals surface area contributed by atoms with Crippen LogP contribution in [0.15, 0.2) is 30.3 Å². The van der Waals surface area contributed by atoms with Crippen molar-refractivity contribution in [1.29, 1.82) is 0 Å². The van der Waals surface area contributed by atoms with Gasteiger partial charge in [-0.25, -0.2) is 4.79 Å². The molecule has 1 amide bonds. The van der Waals surface area contributed by atoms with Crippen molar-refractivity contribution in [2.45, 2.75) is 37.3 Å². The van der Waals surface area contributed by atoms with Crippen molar-refractivity contribution in [3.8, 4) is 0 Å². The first-order chi connectivity index (χ1) is 12.2. The highest BCUT2D eigenvalue weighted by atomic mass is 16.5. The van der Waals surface area contributed by atoms with Crippen LogP contribution in [0, 0.1) is 5.92 Å². The Morgan fingerprint density at radius 2 is 1.96 bits per heavy atom. The molecule has 26 heavy (non-hydrogen) atoms. The molecular formula is C19H22N2O5. The minimum absolute atomic E-state index is 0.123. The number of carbonyl (C=O) groups is 4. The molecule has 3 rings (SSSR count). The number of fused-ring (bicyclic) bond motifs is 1. The lowest BCUT2D eigenvalue weighted by atomic mass is 9.84. The lowest BCUT2D eigenvalue weighted by Gasteiger charge is -2.38. The first-order valence-electron chi connectivity index (χ1n) is 8.54. The smallest absolute Gasteiger partial charge is 0.340 e. The van der Waals surface area contributed by atoms with Crippen LogP contribution in [0.5, 0.6) is 0 Å². The summed E-state index contributed by atoms with van der Waals surface area (Å²) in [6.45, 7) is 1.69. The molecule has 1 aromatic rings. The summed E-state index contributed by atoms with van der Waals surface area (Å²) in [6, 6.07) is 9.25. The third-order valence-corrected chi connectivity index (χ3v) is 5.36. The van der Waals surface area contributed by atoms with E-state index in [1.165, 1.54) is 4.90 Å². The van der Waals surface area contributed by atoms with Gasteiger partial charge in [0, 0.05) is 6.54 Å². The van der Waals surface area contributed by atoms with Crippen molar-refractivity contribution >= 4 is 23.4 Å². The number of ether oxygens (including phenoxy) is 1. The summed E-state index contributed by atoms with van der Waals surface area (Å²) < 4.78 is 4.82. The van der Waals surface area contributed by atoms with E-state index in [1.807, 2.05) is 30.3 Å². The monoisotopic (exact) mass is 358 g/mol. The Labute approximate surface area is 151 Å². The molecule has 2 N–H and O–H groups in total. The maximum absolute atomic E-state index is 13.2. The molecule has 7 nitrogen and oxygen atoms in total. The van der Waals surface area contributed by atoms with Crippen molar-refractivity contribution in [3.63, 3.8) is 0 Å². The van der Waals surface area contributed by atoms with Gasteiger partial charge >= 0.3 is 5.97 Å². The van der Waals surface area contributed by atoms with E-state index in [2.05, 4.69) is 0 Å². The molecule has 1 aliphatic heterocycles. The average molecular weight is 358 g/mol. The van der Waals surface area contributed by atoms with Gasteiger partial charge in [-0.3, -0.25) is 14.4 Å². The van der Waals surface area contributed by atoms with Crippen LogP contribution in [-0.2, 0) is 30.3 Å². The molecule has 138 valence electrons. The van der Waals surface area contributed by atoms with Crippen LogP contribution in [0.25, 0.3) is 0 Å². The lowest BCUT2D eigenvalue weighted by molar-refractivity contribution is -0.166. The van der Waals surface area contributed by atoms with Gasteiger partial charge in [-0.05, 0) is 25.3 Å². The molecule has 1 heterocycles. The highest BCUT2D eigenvalue weighted by Gasteiger charge is 2.69. The molecule has 3 atom stereocenters. The number of hydrogen-bond acceptors (Lipinski definition) is 6. The van der Waals surface area contributed by atoms with E-state index in [1.54, 1.807) is 6.92 Å². The Kier molecular flexibility index (Phi) is 4.44. The largest absolute Gasteiger partial charge is 0.467 e. The molecule has 1 saturated heterocycles. The number of Topliss-reactive ketones (excluding diaryl/α,β-unsaturated/α-hetero) is 2. The van der Waals surface area contributed by atoms with E-state index < -0.39 is 34.7 Å². The Bertz CT molecular complexity index is 773. The van der Waals surface area contributed by atoms with Crippen molar-refractivity contribution in [1.82, 2.24) is 4.90 Å². The summed E-state index contributed by atoms with van der Waals surface area (Å²) in [7, 11) is 1.15. The van der Waals surface area contributed by atoms with Crippen LogP contribution < -0.4 is 5.73 Å². The number of esters is 1. The van der Waals surface area contributed by atoms with E-state index >= 15 is 0 Å². The van der Waals surface area contributed by atoms with Crippen molar-refractivity contribution in [2.75, 3.05) is 13.7 Å². The fourth-order valence-corrected chi connectivity index (χ4v) is 4.17. The first-order valence-corrected chi connectivity index (χ1v) is 8.54. The maximum atomic E-state index is 13.2. The van der Waals surface area contributed by atoms with Gasteiger partial charge in [0.1, 0.15) is 5.78 Å². The highest BCUT2D eigenvalue weighted by molar-refractivity contribution is 6.25. The maximum Gasteiger partial charge on any atom is 0.340 e. The van der Waals surface area contributed by atoms with Crippen LogP contribution >= 0.6 is 0 Å². The first kappa shape index (κ1) is 18.3. The molecule has 0 spiro atoms. The van der Waals surface area contributed by atoms with Gasteiger partial charge in [-0.2, -0.15) is 0 Å². The summed E-state index contributed by atoms with van der Waals surface area (Å²) in [5, 5.41) is 0. The van der Waals surface area contributed by atoms with E-state index in [0.29, 0.717) is 0 Å². The lowest BCUT2D eigenvalue weighted by Crippen LogP contribution is -2.65. The zero-order valence-corrected chi connectivity index (χ0v) is 14.9. The number of carbonyl (C=O) groups excluding carboxylic acids is 4. The van der Waals surface area contributed by atoms with Gasteiger partial charge in [0.25, 0.3) is 0 Å². The Morgan fingerprint density at radius 3 is 2.58 bits per heavy atom. The number of benzene rings is 1. The third-order valence-electron chi connectivity index (χ3n) is 5.36. The Hall–Kier alpha value is -2.54. The SMILES string of the molecule is COC(=O)[C@]12C(=O)CC(=O)C1CCN2C(=O)[C@@](C)(N)Cc1ccccc1. The summed E-state index contributed by atoms with van der Waals surface area (Å²) in [4.78, 5) is 51.8. The predicted molar refractivity (Wildman–Crippen MR) is 91.9 cm³/mol. The van der Waals surface area contributed by atoms with Crippen molar-refractivity contribution < 1.29 is 23.9 Å². The molecule has 1 saturated carbocycles. The molecule has 1 aromatic carbocycles. The number of amides is 1. The number of nitrogens with two attached hydrogens (primary N) is 1. The van der Waals surface area contributed by atoms with Gasteiger partial charge in [-0.1, -0.05) is 30.3 Å². The second-order valence-electron chi connectivity index (χ2n) is 7.20. The van der Waals surface area contributed by atoms with Crippen LogP contribution in [0.1, 0.15) is 25.3 Å². The number of methoxy groups -OCH3 is 1. The van der Waals surface area contributed by atoms with Gasteiger partial charge < -0.3 is 15.4 Å². The van der Waals surface area contributed by atoms with Crippen LogP contribution in [0.4, 0.5) is 0 Å². The van der Waals surface area contributed by atoms with Crippen molar-refractivity contribution in [3.05, 3.63) is 35.9 Å². The molecule has 0 aromatic heterocycles. The van der Waals surface area contributed by atoms with Crippen LogP contribution in [-0.4, -0.2) is 53.1 Å². The molecule has 1 aliphatic carbocycles. The number of ketones is 2. The van der Waals surface area contributed by atoms with E-state index in [0.717, 1.165) is 12.7 Å². The molecule has 7 heteroatoms. The number of hydrogen-bond donors (Lipinski definition) is 1. The Morgan fingerprint density at radius 1 is 1.31 bits per heavy atom. The number of rotatable bonds is 4. The Balaban J connectivity index is 1.96. The van der Waals surface area contributed by atoms with Crippen LogP contribution in [0.2, 0.25) is 0 Å². The minimum atomic E-state index is -1.86. The topological polar surface area (TPSA) is 107 Å². The summed E-state index contributed by atoms with van der Waals surface area (Å²) in [5.74, 6) is -3.14. The molecule has 2 aliphatic rings. The summed E-state index contributed by atoms with van der Waals surface area (Å²) >= 11 is 0. The summed E-state index contributed by atoms with van der Waals surface area (Å²) in [6.07, 6.45) is 0.142. The fourth-order valence-electron chi connectivity index (χ4n) is 4.17. The van der Waals surface area contributed by atoms with E-state index in [4.69, 9.17) is 10.5 Å². The second kappa shape index (κ2) is 6.32. The van der Waals surface area contributed by atoms with E-state index in [-0.39, 0.29) is 31.6 Å². The highest BCUT2D eigenvalue weighted by Crippen LogP contribution is 2.44. The number of likely N-dealkylation sites (tertiary alicyclic amines) is 1. The summed E-state index contributed by atoms with van der Waals surface area (Å²) in [5.41, 5.74) is 3.97. The molecule has 1 unspecified atom stereocenters. The normalized spacial score (nSPS) is 27.2. The standard InChI is InChI=1S/C19H22N2O5/c1-18(20,11-12-6-4-3-5-7-12)16(24)21-9-8-13-14(22)10-15(23)19(13,21)17(25)26-2/h3-7,13H,8-11,20H2,1-2H3/t13?,18-,19+/m0/s1. The predicted octanol–water partition coefficient (Wildman–Crippen LogP) is 0.249. The minimum Gasteiger partial charge on any atom is -0.467 e. The molecule has 0 bridgehead atoms. The fraction of sp³-hybridized carbons (Fsp3) is 0.474. The second-order valence-corrected chi connectivity index (χ2v) is 7.20. The third kappa shape index (κ3) is 2.54. The molecule has 0 radical (unpaired) electrons. The zero-order valence-electron chi connectivity index (χ0n) is 14.9. The number of nitrogens with zero attached hydrogens (tertiary/aromatic N) is 1. The van der Waals surface area contributed by atoms with Crippen molar-refractivity contribution in [2.24, 2.45) is 11.7 Å². The molecule has 2 fully saturated rings.